The van der Waals surface area contributed by atoms with Crippen LogP contribution in [0, 0.1) is 34.5 Å². The Balaban J connectivity index is 1.55. The van der Waals surface area contributed by atoms with Gasteiger partial charge in [0.25, 0.3) is 0 Å². The molecule has 3 heteroatoms. The fraction of sp³-hybridized carbons (Fsp3) is 0.846. The van der Waals surface area contributed by atoms with Crippen molar-refractivity contribution in [1.29, 1.82) is 0 Å². The van der Waals surface area contributed by atoms with E-state index in [0.717, 1.165) is 25.9 Å². The van der Waals surface area contributed by atoms with Gasteiger partial charge in [-0.05, 0) is 74.5 Å². The molecular formula is C26H42O3. The average Bonchev–Trinajstić information content (AvgIpc) is 3.00. The number of allylic oxidation sites excluding steroid dienone is 3. The Morgan fingerprint density at radius 2 is 1.83 bits per heavy atom. The third-order valence-corrected chi connectivity index (χ3v) is 9.36. The van der Waals surface area contributed by atoms with Crippen molar-refractivity contribution < 1.29 is 14.9 Å². The fourth-order valence-electron chi connectivity index (χ4n) is 7.47. The van der Waals surface area contributed by atoms with Crippen LogP contribution in [0.25, 0.3) is 0 Å². The third-order valence-electron chi connectivity index (χ3n) is 9.36. The van der Waals surface area contributed by atoms with Gasteiger partial charge in [-0.1, -0.05) is 51.0 Å². The van der Waals surface area contributed by atoms with Gasteiger partial charge in [-0.2, -0.15) is 0 Å². The molecule has 0 spiro atoms. The van der Waals surface area contributed by atoms with Crippen molar-refractivity contribution in [3.8, 4) is 0 Å². The van der Waals surface area contributed by atoms with Gasteiger partial charge in [0.1, 0.15) is 0 Å². The van der Waals surface area contributed by atoms with Gasteiger partial charge < -0.3 is 14.9 Å². The SMILES string of the molecule is CC(C)CCO[C@@H](C)[C@H]1CC[C@H]2C3=CC=C4C[C@@H](O)C[C@H](O)[C@]4(C)[C@H]3CC[C@]12C. The number of hydrogen-bond acceptors (Lipinski definition) is 3. The number of aliphatic hydroxyl groups is 2. The highest BCUT2D eigenvalue weighted by Gasteiger charge is 2.59. The first kappa shape index (κ1) is 21.6. The van der Waals surface area contributed by atoms with Gasteiger partial charge in [-0.15, -0.1) is 0 Å². The lowest BCUT2D eigenvalue weighted by molar-refractivity contribution is -0.0649. The molecule has 8 atom stereocenters. The Bertz CT molecular complexity index is 679. The summed E-state index contributed by atoms with van der Waals surface area (Å²) in [5.41, 5.74) is 2.96. The van der Waals surface area contributed by atoms with Crippen LogP contribution in [0.2, 0.25) is 0 Å². The second-order valence-corrected chi connectivity index (χ2v) is 11.3. The minimum absolute atomic E-state index is 0.192. The van der Waals surface area contributed by atoms with Gasteiger partial charge in [0.05, 0.1) is 18.3 Å². The minimum atomic E-state index is -0.439. The standard InChI is InChI=1S/C26H42O3/c1-16(2)11-13-29-17(3)21-8-9-22-20-7-6-18-14-19(27)15-24(28)26(18,5)23(20)10-12-25(21,22)4/h6-7,16-17,19,21-24,27-28H,8-15H2,1-5H3/t17-,19+,21+,22-,23-,24-,25+,26-/m0/s1. The van der Waals surface area contributed by atoms with Gasteiger partial charge in [-0.25, -0.2) is 0 Å². The zero-order chi connectivity index (χ0) is 21.0. The monoisotopic (exact) mass is 402 g/mol. The van der Waals surface area contributed by atoms with Crippen LogP contribution in [0.5, 0.6) is 0 Å². The second kappa shape index (κ2) is 7.80. The largest absolute Gasteiger partial charge is 0.393 e. The molecular weight excluding hydrogens is 360 g/mol. The van der Waals surface area contributed by atoms with E-state index in [4.69, 9.17) is 4.74 Å². The van der Waals surface area contributed by atoms with E-state index >= 15 is 0 Å². The highest BCUT2D eigenvalue weighted by atomic mass is 16.5. The van der Waals surface area contributed by atoms with Crippen LogP contribution < -0.4 is 0 Å². The van der Waals surface area contributed by atoms with Crippen molar-refractivity contribution in [1.82, 2.24) is 0 Å². The van der Waals surface area contributed by atoms with E-state index in [2.05, 4.69) is 46.8 Å². The number of ether oxygens (including phenoxy) is 1. The fourth-order valence-corrected chi connectivity index (χ4v) is 7.47. The maximum Gasteiger partial charge on any atom is 0.0661 e. The Kier molecular flexibility index (Phi) is 5.81. The van der Waals surface area contributed by atoms with Crippen molar-refractivity contribution in [3.05, 3.63) is 23.3 Å². The zero-order valence-corrected chi connectivity index (χ0v) is 19.2. The molecule has 2 N–H and O–H groups in total. The molecule has 0 aromatic rings. The van der Waals surface area contributed by atoms with E-state index in [-0.39, 0.29) is 5.41 Å². The molecule has 0 radical (unpaired) electrons. The summed E-state index contributed by atoms with van der Waals surface area (Å²) >= 11 is 0. The first-order chi connectivity index (χ1) is 13.7. The third kappa shape index (κ3) is 3.46. The molecule has 0 heterocycles. The van der Waals surface area contributed by atoms with E-state index in [1.165, 1.54) is 24.8 Å². The van der Waals surface area contributed by atoms with Gasteiger partial charge in [-0.3, -0.25) is 0 Å². The molecule has 4 rings (SSSR count). The summed E-state index contributed by atoms with van der Waals surface area (Å²) in [5, 5.41) is 21.2. The first-order valence-corrected chi connectivity index (χ1v) is 12.1. The molecule has 3 nitrogen and oxygen atoms in total. The zero-order valence-electron chi connectivity index (χ0n) is 19.2. The van der Waals surface area contributed by atoms with E-state index in [0.29, 0.717) is 41.6 Å². The van der Waals surface area contributed by atoms with Gasteiger partial charge in [0.2, 0.25) is 0 Å². The molecule has 0 aliphatic heterocycles. The second-order valence-electron chi connectivity index (χ2n) is 11.3. The number of rotatable bonds is 5. The summed E-state index contributed by atoms with van der Waals surface area (Å²) < 4.78 is 6.32. The lowest BCUT2D eigenvalue weighted by Crippen LogP contribution is -2.52. The van der Waals surface area contributed by atoms with Crippen LogP contribution in [-0.4, -0.2) is 35.1 Å². The molecule has 0 amide bonds. The van der Waals surface area contributed by atoms with Crippen molar-refractivity contribution in [2.24, 2.45) is 34.5 Å². The van der Waals surface area contributed by atoms with E-state index in [9.17, 15) is 10.2 Å². The first-order valence-electron chi connectivity index (χ1n) is 12.1. The van der Waals surface area contributed by atoms with Crippen molar-refractivity contribution in [2.75, 3.05) is 6.61 Å². The van der Waals surface area contributed by atoms with Crippen LogP contribution >= 0.6 is 0 Å². The Morgan fingerprint density at radius 3 is 2.55 bits per heavy atom. The lowest BCUT2D eigenvalue weighted by Gasteiger charge is -2.56. The van der Waals surface area contributed by atoms with E-state index in [1.807, 2.05) is 0 Å². The molecule has 164 valence electrons. The number of aliphatic hydroxyl groups excluding tert-OH is 2. The van der Waals surface area contributed by atoms with E-state index in [1.54, 1.807) is 5.57 Å². The highest BCUT2D eigenvalue weighted by Crippen LogP contribution is 2.65. The summed E-state index contributed by atoms with van der Waals surface area (Å²) in [6.07, 6.45) is 11.4. The Labute approximate surface area is 177 Å². The molecule has 0 bridgehead atoms. The number of fused-ring (bicyclic) bond motifs is 5. The Hall–Kier alpha value is -0.640. The smallest absolute Gasteiger partial charge is 0.0661 e. The quantitative estimate of drug-likeness (QED) is 0.659. The maximum atomic E-state index is 11.0. The topological polar surface area (TPSA) is 49.7 Å². The minimum Gasteiger partial charge on any atom is -0.393 e. The summed E-state index contributed by atoms with van der Waals surface area (Å²) in [6.45, 7) is 12.5. The Morgan fingerprint density at radius 1 is 1.07 bits per heavy atom. The predicted molar refractivity (Wildman–Crippen MR) is 117 cm³/mol. The van der Waals surface area contributed by atoms with Crippen molar-refractivity contribution in [2.45, 2.75) is 97.9 Å². The van der Waals surface area contributed by atoms with Crippen LogP contribution in [0.4, 0.5) is 0 Å². The highest BCUT2D eigenvalue weighted by molar-refractivity contribution is 5.40. The van der Waals surface area contributed by atoms with Gasteiger partial charge in [0.15, 0.2) is 0 Å². The van der Waals surface area contributed by atoms with Crippen molar-refractivity contribution >= 4 is 0 Å². The molecule has 29 heavy (non-hydrogen) atoms. The molecule has 3 fully saturated rings. The van der Waals surface area contributed by atoms with Crippen molar-refractivity contribution in [3.63, 3.8) is 0 Å². The molecule has 4 aliphatic rings. The summed E-state index contributed by atoms with van der Waals surface area (Å²) in [5.74, 6) is 2.35. The molecule has 0 aromatic heterocycles. The van der Waals surface area contributed by atoms with Crippen LogP contribution in [0.3, 0.4) is 0 Å². The normalized spacial score (nSPS) is 45.2. The predicted octanol–water partition coefficient (Wildman–Crippen LogP) is 5.27. The van der Waals surface area contributed by atoms with Crippen LogP contribution in [0.15, 0.2) is 23.3 Å². The molecule has 0 aromatic carbocycles. The summed E-state index contributed by atoms with van der Waals surface area (Å²) in [7, 11) is 0. The van der Waals surface area contributed by atoms with Crippen LogP contribution in [-0.2, 0) is 4.74 Å². The maximum absolute atomic E-state index is 11.0. The molecule has 0 unspecified atom stereocenters. The lowest BCUT2D eigenvalue weighted by atomic mass is 9.49. The van der Waals surface area contributed by atoms with Gasteiger partial charge >= 0.3 is 0 Å². The molecule has 3 saturated carbocycles. The van der Waals surface area contributed by atoms with Gasteiger partial charge in [0, 0.05) is 18.4 Å². The van der Waals surface area contributed by atoms with Crippen LogP contribution in [0.1, 0.15) is 79.6 Å². The number of hydrogen-bond donors (Lipinski definition) is 2. The summed E-state index contributed by atoms with van der Waals surface area (Å²) in [6, 6.07) is 0. The average molecular weight is 403 g/mol. The molecule has 4 aliphatic carbocycles. The summed E-state index contributed by atoms with van der Waals surface area (Å²) in [4.78, 5) is 0. The van der Waals surface area contributed by atoms with E-state index < -0.39 is 12.2 Å². The molecule has 0 saturated heterocycles.